The second-order valence-electron chi connectivity index (χ2n) is 2.03. The maximum Gasteiger partial charge on any atom is 0.0774 e. The number of benzene rings is 1. The van der Waals surface area contributed by atoms with Crippen LogP contribution in [0.5, 0.6) is 0 Å². The number of halogens is 2. The molecule has 2 N–H and O–H groups in total. The summed E-state index contributed by atoms with van der Waals surface area (Å²) in [5.74, 6) is 3.31. The molecule has 1 atom stereocenters. The standard InChI is InChI=1S/C7H6Cl2OS.H2O/c1-11(9,10)7-5-3-2-4-6(7)8;/h2-5H,1H2;1H2. The summed E-state index contributed by atoms with van der Waals surface area (Å²) in [4.78, 5) is 0.392. The average Bonchev–Trinajstić information content (AvgIpc) is 1.86. The lowest BCUT2D eigenvalue weighted by Crippen LogP contribution is -1.89. The Morgan fingerprint density at radius 2 is 1.83 bits per heavy atom. The molecule has 0 aromatic heterocycles. The molecule has 0 aliphatic rings. The summed E-state index contributed by atoms with van der Waals surface area (Å²) in [5.41, 5.74) is 0. The van der Waals surface area contributed by atoms with Gasteiger partial charge in [-0.05, 0) is 28.7 Å². The van der Waals surface area contributed by atoms with Gasteiger partial charge in [0, 0.05) is 0 Å². The van der Waals surface area contributed by atoms with Gasteiger partial charge in [-0.3, -0.25) is 0 Å². The van der Waals surface area contributed by atoms with Gasteiger partial charge in [0.25, 0.3) is 0 Å². The van der Waals surface area contributed by atoms with E-state index in [1.807, 2.05) is 0 Å². The van der Waals surface area contributed by atoms with Gasteiger partial charge in [0.05, 0.1) is 18.7 Å². The van der Waals surface area contributed by atoms with Crippen molar-refractivity contribution in [3.8, 4) is 0 Å². The summed E-state index contributed by atoms with van der Waals surface area (Å²) in [5, 5.41) is 0.391. The van der Waals surface area contributed by atoms with Crippen molar-refractivity contribution in [3.63, 3.8) is 0 Å². The van der Waals surface area contributed by atoms with Gasteiger partial charge >= 0.3 is 0 Å². The van der Waals surface area contributed by atoms with Gasteiger partial charge in [0.1, 0.15) is 0 Å². The van der Waals surface area contributed by atoms with E-state index in [-0.39, 0.29) is 5.48 Å². The molecule has 1 unspecified atom stereocenters. The predicted octanol–water partition coefficient (Wildman–Crippen LogP) is 1.74. The first kappa shape index (κ1) is 11.8. The SMILES string of the molecule is C=S(=O)(Cl)c1ccccc1Cl.O. The molecule has 12 heavy (non-hydrogen) atoms. The highest BCUT2D eigenvalue weighted by atomic mass is 35.7. The third kappa shape index (κ3) is 2.68. The van der Waals surface area contributed by atoms with Crippen LogP contribution in [0.4, 0.5) is 0 Å². The second kappa shape index (κ2) is 4.14. The minimum atomic E-state index is -2.69. The van der Waals surface area contributed by atoms with Crippen molar-refractivity contribution in [2.45, 2.75) is 4.90 Å². The minimum absolute atomic E-state index is 0. The molecule has 1 rings (SSSR count). The number of hydrogen-bond donors (Lipinski definition) is 0. The van der Waals surface area contributed by atoms with Crippen LogP contribution in [-0.2, 0) is 8.74 Å². The van der Waals surface area contributed by atoms with E-state index in [1.165, 1.54) is 0 Å². The van der Waals surface area contributed by atoms with Crippen LogP contribution in [0, 0.1) is 0 Å². The number of rotatable bonds is 1. The molecule has 0 bridgehead atoms. The Kier molecular flexibility index (Phi) is 4.06. The topological polar surface area (TPSA) is 48.6 Å². The van der Waals surface area contributed by atoms with Gasteiger partial charge < -0.3 is 5.48 Å². The summed E-state index contributed by atoms with van der Waals surface area (Å²) in [6.07, 6.45) is 0. The maximum atomic E-state index is 11.2. The van der Waals surface area contributed by atoms with Crippen molar-refractivity contribution in [3.05, 3.63) is 29.3 Å². The minimum Gasteiger partial charge on any atom is -0.412 e. The van der Waals surface area contributed by atoms with Crippen LogP contribution in [-0.4, -0.2) is 15.6 Å². The third-order valence-electron chi connectivity index (χ3n) is 1.17. The summed E-state index contributed by atoms with van der Waals surface area (Å²) in [6.45, 7) is 0. The normalized spacial score (nSPS) is 14.5. The molecule has 0 saturated heterocycles. The number of hydrogen-bond acceptors (Lipinski definition) is 1. The van der Waals surface area contributed by atoms with Crippen molar-refractivity contribution in [2.75, 3.05) is 0 Å². The molecule has 1 aromatic rings. The first-order chi connectivity index (χ1) is 5.02. The van der Waals surface area contributed by atoms with Crippen molar-refractivity contribution in [2.24, 2.45) is 0 Å². The highest BCUT2D eigenvalue weighted by Gasteiger charge is 2.06. The molecular formula is C7H8Cl2O2S. The Hall–Kier alpha value is -0.220. The summed E-state index contributed by atoms with van der Waals surface area (Å²) >= 11 is 5.71. The van der Waals surface area contributed by atoms with Crippen molar-refractivity contribution in [1.29, 1.82) is 0 Å². The van der Waals surface area contributed by atoms with Gasteiger partial charge in [-0.1, -0.05) is 23.7 Å². The van der Waals surface area contributed by atoms with E-state index in [0.717, 1.165) is 0 Å². The maximum absolute atomic E-state index is 11.2. The lowest BCUT2D eigenvalue weighted by Gasteiger charge is -2.00. The Bertz CT molecular complexity index is 359. The van der Waals surface area contributed by atoms with Crippen LogP contribution < -0.4 is 0 Å². The molecule has 0 aliphatic carbocycles. The Labute approximate surface area is 80.9 Å². The third-order valence-corrected chi connectivity index (χ3v) is 3.12. The van der Waals surface area contributed by atoms with Gasteiger partial charge in [0.2, 0.25) is 0 Å². The van der Waals surface area contributed by atoms with Crippen molar-refractivity contribution >= 4 is 36.9 Å². The molecule has 5 heteroatoms. The van der Waals surface area contributed by atoms with Gasteiger partial charge in [-0.2, -0.15) is 0 Å². The van der Waals surface area contributed by atoms with Gasteiger partial charge in [-0.15, -0.1) is 0 Å². The van der Waals surface area contributed by atoms with E-state index in [4.69, 9.17) is 22.3 Å². The van der Waals surface area contributed by atoms with Crippen molar-refractivity contribution in [1.82, 2.24) is 0 Å². The van der Waals surface area contributed by atoms with Gasteiger partial charge in [-0.25, -0.2) is 4.21 Å². The van der Waals surface area contributed by atoms with Gasteiger partial charge in [0.15, 0.2) is 0 Å². The second-order valence-corrected chi connectivity index (χ2v) is 5.56. The van der Waals surface area contributed by atoms with Crippen LogP contribution in [0.3, 0.4) is 0 Å². The fourth-order valence-electron chi connectivity index (χ4n) is 0.692. The van der Waals surface area contributed by atoms with E-state index >= 15 is 0 Å². The molecule has 0 spiro atoms. The van der Waals surface area contributed by atoms with E-state index in [2.05, 4.69) is 5.87 Å². The zero-order valence-electron chi connectivity index (χ0n) is 6.09. The Morgan fingerprint density at radius 3 is 2.17 bits per heavy atom. The fraction of sp³-hybridized carbons (Fsp3) is 0. The summed E-state index contributed by atoms with van der Waals surface area (Å²) in [7, 11) is 2.80. The molecule has 68 valence electrons. The molecule has 0 amide bonds. The van der Waals surface area contributed by atoms with Crippen molar-refractivity contribution < 1.29 is 9.69 Å². The van der Waals surface area contributed by atoms with E-state index in [0.29, 0.717) is 9.92 Å². The monoisotopic (exact) mass is 226 g/mol. The highest BCUT2D eigenvalue weighted by Crippen LogP contribution is 2.23. The molecule has 0 fully saturated rings. The Morgan fingerprint density at radius 1 is 1.33 bits per heavy atom. The molecular weight excluding hydrogens is 219 g/mol. The average molecular weight is 227 g/mol. The smallest absolute Gasteiger partial charge is 0.0774 e. The van der Waals surface area contributed by atoms with E-state index in [9.17, 15) is 4.21 Å². The predicted molar refractivity (Wildman–Crippen MR) is 54.4 cm³/mol. The molecule has 0 aliphatic heterocycles. The summed E-state index contributed by atoms with van der Waals surface area (Å²) < 4.78 is 11.2. The highest BCUT2D eigenvalue weighted by molar-refractivity contribution is 8.21. The first-order valence-corrected chi connectivity index (χ1v) is 5.76. The Balaban J connectivity index is 0.00000121. The zero-order chi connectivity index (χ0) is 8.48. The fourth-order valence-corrected chi connectivity index (χ4v) is 2.36. The molecule has 2 nitrogen and oxygen atoms in total. The van der Waals surface area contributed by atoms with Crippen LogP contribution in [0.15, 0.2) is 29.2 Å². The lowest BCUT2D eigenvalue weighted by atomic mass is 10.4. The largest absolute Gasteiger partial charge is 0.412 e. The van der Waals surface area contributed by atoms with Crippen LogP contribution >= 0.6 is 22.3 Å². The molecule has 0 saturated carbocycles. The zero-order valence-corrected chi connectivity index (χ0v) is 8.42. The van der Waals surface area contributed by atoms with Crippen LogP contribution in [0.2, 0.25) is 5.02 Å². The molecule has 0 radical (unpaired) electrons. The quantitative estimate of drug-likeness (QED) is 0.532. The molecule has 0 heterocycles. The summed E-state index contributed by atoms with van der Waals surface area (Å²) in [6, 6.07) is 6.69. The van der Waals surface area contributed by atoms with E-state index in [1.54, 1.807) is 24.3 Å². The first-order valence-electron chi connectivity index (χ1n) is 2.83. The van der Waals surface area contributed by atoms with Crippen LogP contribution in [0.1, 0.15) is 0 Å². The van der Waals surface area contributed by atoms with E-state index < -0.39 is 8.74 Å². The van der Waals surface area contributed by atoms with Crippen LogP contribution in [0.25, 0.3) is 0 Å². The molecule has 1 aromatic carbocycles. The lowest BCUT2D eigenvalue weighted by molar-refractivity contribution is 0.689.